The van der Waals surface area contributed by atoms with Crippen LogP contribution in [0.5, 0.6) is 11.5 Å². The summed E-state index contributed by atoms with van der Waals surface area (Å²) in [6.45, 7) is 1.86. The lowest BCUT2D eigenvalue weighted by molar-refractivity contribution is -0.123. The summed E-state index contributed by atoms with van der Waals surface area (Å²) in [5, 5.41) is 10.6. The Bertz CT molecular complexity index is 1170. The predicted molar refractivity (Wildman–Crippen MR) is 118 cm³/mol. The van der Waals surface area contributed by atoms with Crippen molar-refractivity contribution in [2.45, 2.75) is 19.4 Å². The number of carbonyl (C=O) groups excluding carboxylic acids is 2. The van der Waals surface area contributed by atoms with Crippen LogP contribution in [-0.4, -0.2) is 35.8 Å². The maximum absolute atomic E-state index is 12.7. The number of halogens is 1. The number of benzene rings is 2. The number of ether oxygens (including phenoxy) is 2. The van der Waals surface area contributed by atoms with Gasteiger partial charge in [0.1, 0.15) is 23.4 Å². The maximum Gasteiger partial charge on any atom is 0.251 e. The molecule has 160 valence electrons. The number of rotatable bonds is 6. The first-order valence-electron chi connectivity index (χ1n) is 9.59. The molecule has 0 fully saturated rings. The van der Waals surface area contributed by atoms with Crippen molar-refractivity contribution in [1.82, 2.24) is 9.78 Å². The van der Waals surface area contributed by atoms with Crippen LogP contribution >= 0.6 is 11.6 Å². The van der Waals surface area contributed by atoms with Crippen molar-refractivity contribution in [2.75, 3.05) is 24.9 Å². The summed E-state index contributed by atoms with van der Waals surface area (Å²) in [5.74, 6) is 1.09. The van der Waals surface area contributed by atoms with Gasteiger partial charge in [0, 0.05) is 10.6 Å². The molecular formula is C22H21ClN4O4. The van der Waals surface area contributed by atoms with Gasteiger partial charge in [0.2, 0.25) is 5.91 Å². The van der Waals surface area contributed by atoms with Gasteiger partial charge in [0.15, 0.2) is 0 Å². The topological polar surface area (TPSA) is 94.5 Å². The number of amides is 2. The first kappa shape index (κ1) is 20.7. The van der Waals surface area contributed by atoms with E-state index in [4.69, 9.17) is 21.1 Å². The van der Waals surface area contributed by atoms with Crippen LogP contribution < -0.4 is 20.1 Å². The fourth-order valence-corrected chi connectivity index (χ4v) is 3.83. The first-order chi connectivity index (χ1) is 14.9. The Balaban J connectivity index is 1.59. The van der Waals surface area contributed by atoms with Crippen molar-refractivity contribution in [1.29, 1.82) is 0 Å². The summed E-state index contributed by atoms with van der Waals surface area (Å²) in [5.41, 5.74) is 2.84. The number of hydrogen-bond acceptors (Lipinski definition) is 5. The summed E-state index contributed by atoms with van der Waals surface area (Å²) in [6, 6.07) is 11.7. The number of carbonyl (C=O) groups is 2. The van der Waals surface area contributed by atoms with Gasteiger partial charge in [0.05, 0.1) is 32.0 Å². The Kier molecular flexibility index (Phi) is 5.56. The van der Waals surface area contributed by atoms with Crippen LogP contribution in [0.3, 0.4) is 0 Å². The zero-order valence-electron chi connectivity index (χ0n) is 17.2. The van der Waals surface area contributed by atoms with Crippen LogP contribution in [-0.2, 0) is 9.59 Å². The van der Waals surface area contributed by atoms with Crippen molar-refractivity contribution < 1.29 is 19.1 Å². The maximum atomic E-state index is 12.7. The van der Waals surface area contributed by atoms with Crippen LogP contribution in [0.15, 0.2) is 42.5 Å². The molecule has 8 nitrogen and oxygen atoms in total. The molecule has 1 aliphatic rings. The third kappa shape index (κ3) is 3.94. The lowest BCUT2D eigenvalue weighted by atomic mass is 10.1. The molecule has 4 rings (SSSR count). The third-order valence-corrected chi connectivity index (χ3v) is 5.33. The van der Waals surface area contributed by atoms with Crippen molar-refractivity contribution in [3.05, 3.63) is 53.2 Å². The van der Waals surface area contributed by atoms with E-state index in [1.54, 1.807) is 30.0 Å². The highest BCUT2D eigenvalue weighted by atomic mass is 35.5. The van der Waals surface area contributed by atoms with E-state index < -0.39 is 6.04 Å². The molecular weight excluding hydrogens is 420 g/mol. The van der Waals surface area contributed by atoms with Gasteiger partial charge >= 0.3 is 0 Å². The van der Waals surface area contributed by atoms with Gasteiger partial charge in [-0.1, -0.05) is 23.7 Å². The Morgan fingerprint density at radius 1 is 1.23 bits per heavy atom. The predicted octanol–water partition coefficient (Wildman–Crippen LogP) is 4.05. The fraction of sp³-hybridized carbons (Fsp3) is 0.227. The Morgan fingerprint density at radius 2 is 2.03 bits per heavy atom. The number of methoxy groups -OCH3 is 2. The lowest BCUT2D eigenvalue weighted by Crippen LogP contribution is -2.24. The van der Waals surface area contributed by atoms with E-state index in [0.29, 0.717) is 28.0 Å². The van der Waals surface area contributed by atoms with E-state index in [2.05, 4.69) is 15.7 Å². The van der Waals surface area contributed by atoms with E-state index >= 15 is 0 Å². The second-order valence-electron chi connectivity index (χ2n) is 7.09. The molecule has 0 spiro atoms. The van der Waals surface area contributed by atoms with Crippen LogP contribution in [0.1, 0.15) is 18.2 Å². The van der Waals surface area contributed by atoms with Gasteiger partial charge in [-0.3, -0.25) is 9.59 Å². The summed E-state index contributed by atoms with van der Waals surface area (Å²) >= 11 is 6.02. The fourth-order valence-electron chi connectivity index (χ4n) is 3.66. The Hall–Kier alpha value is -3.52. The molecule has 1 aliphatic heterocycles. The van der Waals surface area contributed by atoms with Crippen LogP contribution in [0.25, 0.3) is 11.1 Å². The van der Waals surface area contributed by atoms with E-state index in [-0.39, 0.29) is 18.2 Å². The van der Waals surface area contributed by atoms with Gasteiger partial charge in [-0.2, -0.15) is 5.10 Å². The monoisotopic (exact) mass is 440 g/mol. The average molecular weight is 441 g/mol. The molecule has 2 N–H and O–H groups in total. The number of nitrogens with one attached hydrogen (secondary N) is 2. The highest BCUT2D eigenvalue weighted by Crippen LogP contribution is 2.39. The van der Waals surface area contributed by atoms with Crippen LogP contribution in [0, 0.1) is 6.92 Å². The van der Waals surface area contributed by atoms with Gasteiger partial charge in [-0.15, -0.1) is 0 Å². The SMILES string of the molecule is COc1cccc(-c2c(C)nn3c2NC(=O)C3CC(=O)Nc2cc(Cl)ccc2OC)c1. The molecule has 2 amide bonds. The molecule has 0 saturated heterocycles. The standard InChI is InChI=1S/C22H21ClN4O4/c1-12-20(13-5-4-6-15(9-13)30-2)21-25-22(29)17(27(21)26-12)11-19(28)24-16-10-14(23)7-8-18(16)31-3/h4-10,17H,11H2,1-3H3,(H,24,28)(H,25,29). The minimum absolute atomic E-state index is 0.0901. The van der Waals surface area contributed by atoms with Gasteiger partial charge < -0.3 is 20.1 Å². The smallest absolute Gasteiger partial charge is 0.251 e. The number of fused-ring (bicyclic) bond motifs is 1. The summed E-state index contributed by atoms with van der Waals surface area (Å²) in [4.78, 5) is 25.4. The zero-order valence-corrected chi connectivity index (χ0v) is 18.0. The second kappa shape index (κ2) is 8.31. The van der Waals surface area contributed by atoms with Crippen molar-refractivity contribution >= 4 is 34.9 Å². The van der Waals surface area contributed by atoms with E-state index in [0.717, 1.165) is 16.8 Å². The van der Waals surface area contributed by atoms with E-state index in [1.165, 1.54) is 7.11 Å². The molecule has 31 heavy (non-hydrogen) atoms. The minimum atomic E-state index is -0.766. The Morgan fingerprint density at radius 3 is 2.77 bits per heavy atom. The molecule has 0 aliphatic carbocycles. The molecule has 9 heteroatoms. The highest BCUT2D eigenvalue weighted by molar-refractivity contribution is 6.31. The molecule has 1 aromatic heterocycles. The van der Waals surface area contributed by atoms with E-state index in [9.17, 15) is 9.59 Å². The van der Waals surface area contributed by atoms with Gasteiger partial charge in [0.25, 0.3) is 5.91 Å². The van der Waals surface area contributed by atoms with Crippen molar-refractivity contribution in [3.63, 3.8) is 0 Å². The first-order valence-corrected chi connectivity index (χ1v) is 9.97. The summed E-state index contributed by atoms with van der Waals surface area (Å²) in [7, 11) is 3.10. The molecule has 0 bridgehead atoms. The molecule has 0 radical (unpaired) electrons. The van der Waals surface area contributed by atoms with E-state index in [1.807, 2.05) is 31.2 Å². The van der Waals surface area contributed by atoms with Crippen LogP contribution in [0.4, 0.5) is 11.5 Å². The molecule has 2 aromatic carbocycles. The van der Waals surface area contributed by atoms with Gasteiger partial charge in [-0.25, -0.2) is 4.68 Å². The molecule has 2 heterocycles. The minimum Gasteiger partial charge on any atom is -0.497 e. The zero-order chi connectivity index (χ0) is 22.1. The molecule has 0 saturated carbocycles. The number of aryl methyl sites for hydroxylation is 1. The van der Waals surface area contributed by atoms with Crippen molar-refractivity contribution in [2.24, 2.45) is 0 Å². The Labute approximate surface area is 184 Å². The highest BCUT2D eigenvalue weighted by Gasteiger charge is 2.36. The molecule has 1 unspecified atom stereocenters. The average Bonchev–Trinajstić information content (AvgIpc) is 3.21. The molecule has 3 aromatic rings. The van der Waals surface area contributed by atoms with Gasteiger partial charge in [-0.05, 0) is 42.8 Å². The summed E-state index contributed by atoms with van der Waals surface area (Å²) < 4.78 is 12.1. The quantitative estimate of drug-likeness (QED) is 0.603. The summed E-state index contributed by atoms with van der Waals surface area (Å²) in [6.07, 6.45) is -0.0901. The third-order valence-electron chi connectivity index (χ3n) is 5.10. The number of aromatic nitrogens is 2. The van der Waals surface area contributed by atoms with Crippen LogP contribution in [0.2, 0.25) is 5.02 Å². The second-order valence-corrected chi connectivity index (χ2v) is 7.52. The van der Waals surface area contributed by atoms with Crippen molar-refractivity contribution in [3.8, 4) is 22.6 Å². The molecule has 1 atom stereocenters. The number of nitrogens with zero attached hydrogens (tertiary/aromatic N) is 2. The number of anilines is 2. The normalized spacial score (nSPS) is 14.7. The largest absolute Gasteiger partial charge is 0.497 e. The number of hydrogen-bond donors (Lipinski definition) is 2. The lowest BCUT2D eigenvalue weighted by Gasteiger charge is -2.12.